The van der Waals surface area contributed by atoms with Gasteiger partial charge >= 0.3 is 5.63 Å². The number of rotatable bonds is 1. The summed E-state index contributed by atoms with van der Waals surface area (Å²) in [5.74, 6) is 0.607. The van der Waals surface area contributed by atoms with Crippen molar-refractivity contribution < 1.29 is 4.42 Å². The van der Waals surface area contributed by atoms with Crippen molar-refractivity contribution in [3.63, 3.8) is 0 Å². The van der Waals surface area contributed by atoms with Crippen LogP contribution in [0.1, 0.15) is 0 Å². The van der Waals surface area contributed by atoms with E-state index in [9.17, 15) is 4.79 Å². The van der Waals surface area contributed by atoms with Gasteiger partial charge in [0.2, 0.25) is 0 Å². The average Bonchev–Trinajstić information content (AvgIpc) is 2.39. The van der Waals surface area contributed by atoms with Crippen molar-refractivity contribution in [1.29, 1.82) is 0 Å². The Morgan fingerprint density at radius 2 is 1.72 bits per heavy atom. The Balaban J connectivity index is 2.30. The topological polar surface area (TPSA) is 30.2 Å². The van der Waals surface area contributed by atoms with Crippen LogP contribution in [-0.4, -0.2) is 0 Å². The summed E-state index contributed by atoms with van der Waals surface area (Å²) >= 11 is 2.23. The average molecular weight is 348 g/mol. The fraction of sp³-hybridized carbons (Fsp3) is 0. The Morgan fingerprint density at radius 3 is 2.50 bits per heavy atom. The maximum atomic E-state index is 11.9. The molecule has 0 bridgehead atoms. The summed E-state index contributed by atoms with van der Waals surface area (Å²) in [6, 6.07) is 17.2. The van der Waals surface area contributed by atoms with Crippen molar-refractivity contribution in [3.8, 4) is 11.3 Å². The first-order chi connectivity index (χ1) is 8.74. The van der Waals surface area contributed by atoms with Crippen molar-refractivity contribution in [2.45, 2.75) is 0 Å². The van der Waals surface area contributed by atoms with Gasteiger partial charge < -0.3 is 4.42 Å². The lowest BCUT2D eigenvalue weighted by Gasteiger charge is -2.02. The zero-order valence-corrected chi connectivity index (χ0v) is 11.5. The summed E-state index contributed by atoms with van der Waals surface area (Å²) < 4.78 is 6.46. The lowest BCUT2D eigenvalue weighted by atomic mass is 10.1. The molecule has 3 aromatic rings. The lowest BCUT2D eigenvalue weighted by molar-refractivity contribution is 0.534. The zero-order chi connectivity index (χ0) is 12.5. The van der Waals surface area contributed by atoms with E-state index < -0.39 is 0 Å². The summed E-state index contributed by atoms with van der Waals surface area (Å²) in [5, 5.41) is 1.53. The van der Waals surface area contributed by atoms with E-state index in [2.05, 4.69) is 22.6 Å². The summed E-state index contributed by atoms with van der Waals surface area (Å²) in [7, 11) is 0. The van der Waals surface area contributed by atoms with E-state index in [4.69, 9.17) is 4.42 Å². The quantitative estimate of drug-likeness (QED) is 0.621. The molecule has 3 rings (SSSR count). The van der Waals surface area contributed by atoms with Crippen molar-refractivity contribution in [1.82, 2.24) is 0 Å². The molecule has 0 aliphatic heterocycles. The fourth-order valence-corrected chi connectivity index (χ4v) is 2.42. The van der Waals surface area contributed by atoms with Gasteiger partial charge in [-0.1, -0.05) is 30.3 Å². The number of halogens is 1. The highest BCUT2D eigenvalue weighted by molar-refractivity contribution is 14.1. The van der Waals surface area contributed by atoms with E-state index in [1.54, 1.807) is 6.07 Å². The molecular weight excluding hydrogens is 339 g/mol. The normalized spacial score (nSPS) is 10.7. The van der Waals surface area contributed by atoms with Crippen LogP contribution < -0.4 is 5.63 Å². The smallest absolute Gasteiger partial charge is 0.344 e. The molecule has 18 heavy (non-hydrogen) atoms. The SMILES string of the molecule is O=c1oc(-c2ccccc2)cc2cc(I)ccc12. The maximum Gasteiger partial charge on any atom is 0.344 e. The Morgan fingerprint density at radius 1 is 0.944 bits per heavy atom. The molecule has 0 saturated carbocycles. The van der Waals surface area contributed by atoms with Crippen molar-refractivity contribution in [2.24, 2.45) is 0 Å². The van der Waals surface area contributed by atoms with Crippen molar-refractivity contribution in [3.05, 3.63) is 68.6 Å². The molecule has 0 unspecified atom stereocenters. The fourth-order valence-electron chi connectivity index (χ4n) is 1.91. The number of hydrogen-bond acceptors (Lipinski definition) is 2. The number of fused-ring (bicyclic) bond motifs is 1. The molecule has 0 aliphatic carbocycles. The molecule has 0 amide bonds. The highest BCUT2D eigenvalue weighted by Crippen LogP contribution is 2.22. The van der Waals surface area contributed by atoms with E-state index in [-0.39, 0.29) is 5.63 Å². The predicted molar refractivity (Wildman–Crippen MR) is 80.6 cm³/mol. The van der Waals surface area contributed by atoms with E-state index >= 15 is 0 Å². The van der Waals surface area contributed by atoms with E-state index in [1.807, 2.05) is 48.5 Å². The van der Waals surface area contributed by atoms with E-state index in [0.717, 1.165) is 14.5 Å². The van der Waals surface area contributed by atoms with Gasteiger partial charge in [-0.25, -0.2) is 4.79 Å². The Labute approximate surface area is 117 Å². The van der Waals surface area contributed by atoms with Gasteiger partial charge in [-0.3, -0.25) is 0 Å². The minimum atomic E-state index is -0.289. The van der Waals surface area contributed by atoms with Gasteiger partial charge in [-0.15, -0.1) is 0 Å². The molecule has 0 atom stereocenters. The molecule has 0 fully saturated rings. The van der Waals surface area contributed by atoms with Gasteiger partial charge in [0.15, 0.2) is 0 Å². The number of benzene rings is 2. The summed E-state index contributed by atoms with van der Waals surface area (Å²) in [4.78, 5) is 11.9. The van der Waals surface area contributed by atoms with E-state index in [0.29, 0.717) is 11.1 Å². The van der Waals surface area contributed by atoms with Crippen molar-refractivity contribution in [2.75, 3.05) is 0 Å². The van der Waals surface area contributed by atoms with Gasteiger partial charge in [-0.05, 0) is 52.2 Å². The third kappa shape index (κ3) is 2.06. The first-order valence-corrected chi connectivity index (χ1v) is 6.61. The van der Waals surface area contributed by atoms with Crippen LogP contribution in [0.15, 0.2) is 63.8 Å². The van der Waals surface area contributed by atoms with Crippen LogP contribution in [0.4, 0.5) is 0 Å². The molecule has 88 valence electrons. The summed E-state index contributed by atoms with van der Waals surface area (Å²) in [6.07, 6.45) is 0. The van der Waals surface area contributed by atoms with Gasteiger partial charge in [0.05, 0.1) is 5.39 Å². The van der Waals surface area contributed by atoms with Gasteiger partial charge in [-0.2, -0.15) is 0 Å². The Kier molecular flexibility index (Phi) is 2.91. The zero-order valence-electron chi connectivity index (χ0n) is 9.39. The Hall–Kier alpha value is -1.62. The molecule has 1 heterocycles. The molecule has 0 saturated heterocycles. The molecule has 1 aromatic heterocycles. The van der Waals surface area contributed by atoms with Crippen molar-refractivity contribution >= 4 is 33.4 Å². The molecule has 0 radical (unpaired) electrons. The van der Waals surface area contributed by atoms with Crippen LogP contribution in [0.5, 0.6) is 0 Å². The van der Waals surface area contributed by atoms with Gasteiger partial charge in [0, 0.05) is 9.13 Å². The second-order valence-corrected chi connectivity index (χ2v) is 5.24. The van der Waals surface area contributed by atoms with Crippen LogP contribution in [0.2, 0.25) is 0 Å². The van der Waals surface area contributed by atoms with Crippen LogP contribution >= 0.6 is 22.6 Å². The molecular formula is C15H9IO2. The summed E-state index contributed by atoms with van der Waals surface area (Å²) in [5.41, 5.74) is 0.623. The largest absolute Gasteiger partial charge is 0.422 e. The first-order valence-electron chi connectivity index (χ1n) is 5.53. The molecule has 2 nitrogen and oxygen atoms in total. The highest BCUT2D eigenvalue weighted by Gasteiger charge is 2.06. The minimum Gasteiger partial charge on any atom is -0.422 e. The third-order valence-electron chi connectivity index (χ3n) is 2.78. The molecule has 3 heteroatoms. The maximum absolute atomic E-state index is 11.9. The Bertz CT molecular complexity index is 760. The molecule has 0 aliphatic rings. The first kappa shape index (κ1) is 11.5. The van der Waals surface area contributed by atoms with Gasteiger partial charge in [0.25, 0.3) is 0 Å². The lowest BCUT2D eigenvalue weighted by Crippen LogP contribution is -2.00. The molecule has 2 aromatic carbocycles. The van der Waals surface area contributed by atoms with Crippen LogP contribution in [0.3, 0.4) is 0 Å². The summed E-state index contributed by atoms with van der Waals surface area (Å²) in [6.45, 7) is 0. The molecule has 0 N–H and O–H groups in total. The monoisotopic (exact) mass is 348 g/mol. The van der Waals surface area contributed by atoms with E-state index in [1.165, 1.54) is 0 Å². The molecule has 0 spiro atoms. The van der Waals surface area contributed by atoms with Crippen LogP contribution in [0.25, 0.3) is 22.1 Å². The van der Waals surface area contributed by atoms with Gasteiger partial charge in [0.1, 0.15) is 5.76 Å². The number of hydrogen-bond donors (Lipinski definition) is 0. The highest BCUT2D eigenvalue weighted by atomic mass is 127. The standard InChI is InChI=1S/C15H9IO2/c16-12-6-7-13-11(8-12)9-14(18-15(13)17)10-4-2-1-3-5-10/h1-9H. The third-order valence-corrected chi connectivity index (χ3v) is 3.45. The van der Waals surface area contributed by atoms with Crippen LogP contribution in [-0.2, 0) is 0 Å². The second kappa shape index (κ2) is 4.57. The van der Waals surface area contributed by atoms with Crippen LogP contribution in [0, 0.1) is 3.57 Å². The predicted octanol–water partition coefficient (Wildman–Crippen LogP) is 4.06. The second-order valence-electron chi connectivity index (χ2n) is 4.00. The minimum absolute atomic E-state index is 0.289.